The molecule has 1 aromatic rings. The van der Waals surface area contributed by atoms with Crippen molar-refractivity contribution in [2.45, 2.75) is 44.2 Å². The molecule has 0 aliphatic rings. The van der Waals surface area contributed by atoms with E-state index in [0.717, 1.165) is 6.07 Å². The molecule has 0 aromatic heterocycles. The van der Waals surface area contributed by atoms with Gasteiger partial charge < -0.3 is 5.73 Å². The van der Waals surface area contributed by atoms with Gasteiger partial charge >= 0.3 is 0 Å². The van der Waals surface area contributed by atoms with Crippen LogP contribution in [0, 0.1) is 5.82 Å². The molecule has 2 N–H and O–H groups in total. The molecule has 4 nitrogen and oxygen atoms in total. The first kappa shape index (κ1) is 16.1. The lowest BCUT2D eigenvalue weighted by atomic mass is 10.0. The summed E-state index contributed by atoms with van der Waals surface area (Å²) in [7, 11) is -2.11. The van der Waals surface area contributed by atoms with Crippen molar-refractivity contribution >= 4 is 10.0 Å². The van der Waals surface area contributed by atoms with Gasteiger partial charge in [0.1, 0.15) is 5.82 Å². The summed E-state index contributed by atoms with van der Waals surface area (Å²) in [6.45, 7) is 5.58. The third kappa shape index (κ3) is 3.13. The summed E-state index contributed by atoms with van der Waals surface area (Å²) in [5, 5.41) is 0. The van der Waals surface area contributed by atoms with Gasteiger partial charge in [0.05, 0.1) is 4.90 Å². The molecular formula is C13H21FN2O2S. The molecule has 0 fully saturated rings. The van der Waals surface area contributed by atoms with E-state index in [4.69, 9.17) is 5.73 Å². The molecule has 0 bridgehead atoms. The summed E-state index contributed by atoms with van der Waals surface area (Å²) in [6.07, 6.45) is 0.674. The van der Waals surface area contributed by atoms with Gasteiger partial charge in [-0.2, -0.15) is 4.31 Å². The van der Waals surface area contributed by atoms with Crippen molar-refractivity contribution in [2.24, 2.45) is 5.73 Å². The van der Waals surface area contributed by atoms with E-state index in [9.17, 15) is 12.8 Å². The number of rotatable bonds is 5. The number of nitrogens with two attached hydrogens (primary N) is 1. The molecule has 0 spiro atoms. The summed E-state index contributed by atoms with van der Waals surface area (Å²) in [4.78, 5) is 0.0679. The van der Waals surface area contributed by atoms with Crippen LogP contribution < -0.4 is 5.73 Å². The van der Waals surface area contributed by atoms with Gasteiger partial charge in [-0.1, -0.05) is 6.92 Å². The first-order valence-corrected chi connectivity index (χ1v) is 7.58. The van der Waals surface area contributed by atoms with Gasteiger partial charge in [-0.05, 0) is 38.5 Å². The Kier molecular flexibility index (Phi) is 4.71. The largest absolute Gasteiger partial charge is 0.326 e. The van der Waals surface area contributed by atoms with Crippen molar-refractivity contribution in [3.05, 3.63) is 29.6 Å². The first-order chi connectivity index (χ1) is 8.66. The van der Waals surface area contributed by atoms with Crippen LogP contribution in [0.25, 0.3) is 0 Å². The Hall–Kier alpha value is -0.980. The average Bonchev–Trinajstić information content (AvgIpc) is 2.38. The minimum Gasteiger partial charge on any atom is -0.326 e. The number of halogens is 1. The van der Waals surface area contributed by atoms with Crippen molar-refractivity contribution in [1.29, 1.82) is 0 Å². The zero-order valence-corrected chi connectivity index (χ0v) is 12.6. The van der Waals surface area contributed by atoms with Gasteiger partial charge in [-0.3, -0.25) is 0 Å². The van der Waals surface area contributed by atoms with E-state index >= 15 is 0 Å². The van der Waals surface area contributed by atoms with Gasteiger partial charge in [0.2, 0.25) is 10.0 Å². The van der Waals surface area contributed by atoms with E-state index in [1.54, 1.807) is 0 Å². The number of sulfonamides is 1. The van der Waals surface area contributed by atoms with Crippen molar-refractivity contribution < 1.29 is 12.8 Å². The smallest absolute Gasteiger partial charge is 0.243 e. The van der Waals surface area contributed by atoms with Crippen LogP contribution in [-0.2, 0) is 16.6 Å². The molecule has 0 saturated heterocycles. The van der Waals surface area contributed by atoms with Crippen LogP contribution in [0.1, 0.15) is 32.8 Å². The predicted octanol–water partition coefficient (Wildman–Crippen LogP) is 2.09. The lowest BCUT2D eigenvalue weighted by molar-refractivity contribution is 0.257. The summed E-state index contributed by atoms with van der Waals surface area (Å²) < 4.78 is 39.6. The Bertz CT molecular complexity index is 556. The second kappa shape index (κ2) is 5.56. The molecule has 1 rings (SSSR count). The standard InChI is InChI=1S/C13H21FN2O2S/c1-5-13(2,3)16(4)19(17,18)11-6-7-12(14)10(8-11)9-15/h6-8H,5,9,15H2,1-4H3. The number of nitrogens with zero attached hydrogens (tertiary/aromatic N) is 1. The van der Waals surface area contributed by atoms with Crippen molar-refractivity contribution in [3.63, 3.8) is 0 Å². The fourth-order valence-electron chi connectivity index (χ4n) is 1.57. The van der Waals surface area contributed by atoms with Crippen LogP contribution in [0.4, 0.5) is 4.39 Å². The Labute approximate surface area is 114 Å². The van der Waals surface area contributed by atoms with Gasteiger partial charge in [-0.15, -0.1) is 0 Å². The van der Waals surface area contributed by atoms with E-state index < -0.39 is 21.4 Å². The highest BCUT2D eigenvalue weighted by Crippen LogP contribution is 2.26. The minimum absolute atomic E-state index is 0.0317. The molecule has 0 saturated carbocycles. The third-order valence-electron chi connectivity index (χ3n) is 3.61. The highest BCUT2D eigenvalue weighted by molar-refractivity contribution is 7.89. The molecule has 19 heavy (non-hydrogen) atoms. The van der Waals surface area contributed by atoms with Crippen LogP contribution in [0.2, 0.25) is 0 Å². The normalized spacial score (nSPS) is 13.0. The lowest BCUT2D eigenvalue weighted by Crippen LogP contribution is -2.44. The molecule has 0 unspecified atom stereocenters. The van der Waals surface area contributed by atoms with Gasteiger partial charge in [-0.25, -0.2) is 12.8 Å². The fourth-order valence-corrected chi connectivity index (χ4v) is 3.20. The maximum Gasteiger partial charge on any atom is 0.243 e. The molecular weight excluding hydrogens is 267 g/mol. The third-order valence-corrected chi connectivity index (χ3v) is 5.68. The molecule has 0 radical (unpaired) electrons. The minimum atomic E-state index is -3.65. The number of benzene rings is 1. The lowest BCUT2D eigenvalue weighted by Gasteiger charge is -2.33. The second-order valence-corrected chi connectivity index (χ2v) is 7.07. The highest BCUT2D eigenvalue weighted by Gasteiger charge is 2.32. The van der Waals surface area contributed by atoms with Crippen molar-refractivity contribution in [1.82, 2.24) is 4.31 Å². The Morgan fingerprint density at radius 2 is 1.95 bits per heavy atom. The van der Waals surface area contributed by atoms with E-state index in [0.29, 0.717) is 6.42 Å². The van der Waals surface area contributed by atoms with Crippen LogP contribution in [0.5, 0.6) is 0 Å². The zero-order chi connectivity index (χ0) is 14.8. The van der Waals surface area contributed by atoms with E-state index in [1.165, 1.54) is 23.5 Å². The Morgan fingerprint density at radius 3 is 2.42 bits per heavy atom. The van der Waals surface area contributed by atoms with Gasteiger partial charge in [0.25, 0.3) is 0 Å². The van der Waals surface area contributed by atoms with Crippen LogP contribution in [-0.4, -0.2) is 25.3 Å². The molecule has 1 aromatic carbocycles. The summed E-state index contributed by atoms with van der Waals surface area (Å²) in [5.74, 6) is -0.487. The maximum absolute atomic E-state index is 13.4. The quantitative estimate of drug-likeness (QED) is 0.902. The summed E-state index contributed by atoms with van der Waals surface area (Å²) in [6, 6.07) is 3.71. The molecule has 6 heteroatoms. The van der Waals surface area contributed by atoms with Crippen LogP contribution in [0.3, 0.4) is 0 Å². The SMILES string of the molecule is CCC(C)(C)N(C)S(=O)(=O)c1ccc(F)c(CN)c1. The second-order valence-electron chi connectivity index (χ2n) is 5.10. The van der Waals surface area contributed by atoms with Crippen LogP contribution in [0.15, 0.2) is 23.1 Å². The van der Waals surface area contributed by atoms with Crippen molar-refractivity contribution in [2.75, 3.05) is 7.05 Å². The first-order valence-electron chi connectivity index (χ1n) is 6.14. The molecule has 0 atom stereocenters. The zero-order valence-electron chi connectivity index (χ0n) is 11.8. The van der Waals surface area contributed by atoms with Crippen molar-refractivity contribution in [3.8, 4) is 0 Å². The maximum atomic E-state index is 13.4. The van der Waals surface area contributed by atoms with Crippen LogP contribution >= 0.6 is 0 Å². The topological polar surface area (TPSA) is 63.4 Å². The molecule has 0 aliphatic carbocycles. The Balaban J connectivity index is 3.28. The number of hydrogen-bond donors (Lipinski definition) is 1. The number of hydrogen-bond acceptors (Lipinski definition) is 3. The van der Waals surface area contributed by atoms with E-state index in [1.807, 2.05) is 20.8 Å². The fraction of sp³-hybridized carbons (Fsp3) is 0.538. The summed E-state index contributed by atoms with van der Waals surface area (Å²) >= 11 is 0. The predicted molar refractivity (Wildman–Crippen MR) is 73.6 cm³/mol. The summed E-state index contributed by atoms with van der Waals surface area (Å²) in [5.41, 5.74) is 5.10. The van der Waals surface area contributed by atoms with E-state index in [2.05, 4.69) is 0 Å². The van der Waals surface area contributed by atoms with Gasteiger partial charge in [0.15, 0.2) is 0 Å². The highest BCUT2D eigenvalue weighted by atomic mass is 32.2. The molecule has 0 aliphatic heterocycles. The van der Waals surface area contributed by atoms with Gasteiger partial charge in [0, 0.05) is 24.7 Å². The molecule has 108 valence electrons. The molecule has 0 heterocycles. The van der Waals surface area contributed by atoms with E-state index in [-0.39, 0.29) is 17.0 Å². The monoisotopic (exact) mass is 288 g/mol. The molecule has 0 amide bonds. The average molecular weight is 288 g/mol. The Morgan fingerprint density at radius 1 is 1.37 bits per heavy atom.